The van der Waals surface area contributed by atoms with Crippen LogP contribution in [0.25, 0.3) is 0 Å². The van der Waals surface area contributed by atoms with E-state index in [0.717, 1.165) is 0 Å². The van der Waals surface area contributed by atoms with Crippen molar-refractivity contribution < 1.29 is 9.47 Å². The lowest BCUT2D eigenvalue weighted by Crippen LogP contribution is -2.22. The van der Waals surface area contributed by atoms with Crippen molar-refractivity contribution in [3.8, 4) is 0 Å². The molecule has 11 heavy (non-hydrogen) atoms. The van der Waals surface area contributed by atoms with Crippen LogP contribution in [0, 0.1) is 12.5 Å². The summed E-state index contributed by atoms with van der Waals surface area (Å²) in [7, 11) is 0. The number of rotatable bonds is 5. The van der Waals surface area contributed by atoms with Gasteiger partial charge in [-0.3, -0.25) is 0 Å². The summed E-state index contributed by atoms with van der Waals surface area (Å²) < 4.78 is 10.6. The van der Waals surface area contributed by atoms with E-state index in [9.17, 15) is 0 Å². The zero-order chi connectivity index (χ0) is 8.85. The molecule has 0 aliphatic rings. The molecule has 0 amide bonds. The maximum Gasteiger partial charge on any atom is 0.155 e. The third kappa shape index (κ3) is 5.22. The first-order chi connectivity index (χ1) is 5.07. The molecule has 0 rings (SSSR count). The molecule has 0 saturated carbocycles. The molecule has 0 aromatic heterocycles. The summed E-state index contributed by atoms with van der Waals surface area (Å²) in [6.07, 6.45) is 0.127. The van der Waals surface area contributed by atoms with Gasteiger partial charge in [0.1, 0.15) is 0 Å². The Morgan fingerprint density at radius 3 is 2.00 bits per heavy atom. The van der Waals surface area contributed by atoms with Gasteiger partial charge in [0.25, 0.3) is 0 Å². The van der Waals surface area contributed by atoms with Gasteiger partial charge in [0, 0.05) is 0 Å². The molecule has 2 unspecified atom stereocenters. The van der Waals surface area contributed by atoms with E-state index in [4.69, 9.17) is 9.47 Å². The summed E-state index contributed by atoms with van der Waals surface area (Å²) in [5.74, 6) is 0.540. The molecule has 0 aliphatic heterocycles. The fraction of sp³-hybridized carbons (Fsp3) is 0.889. The van der Waals surface area contributed by atoms with Crippen molar-refractivity contribution in [2.75, 3.05) is 0 Å². The quantitative estimate of drug-likeness (QED) is 0.574. The standard InChI is InChI=1S/C9H19O2/c1-6-10-9(5)11-8(4)7(2)3/h6-9H,1-5H3. The van der Waals surface area contributed by atoms with Crippen molar-refractivity contribution in [1.82, 2.24) is 0 Å². The third-order valence-corrected chi connectivity index (χ3v) is 1.67. The van der Waals surface area contributed by atoms with Crippen LogP contribution in [-0.2, 0) is 9.47 Å². The minimum atomic E-state index is -0.127. The highest BCUT2D eigenvalue weighted by Crippen LogP contribution is 2.09. The van der Waals surface area contributed by atoms with Gasteiger partial charge in [-0.05, 0) is 26.7 Å². The summed E-state index contributed by atoms with van der Waals surface area (Å²) in [6, 6.07) is 0. The van der Waals surface area contributed by atoms with Crippen LogP contribution >= 0.6 is 0 Å². The number of ether oxygens (including phenoxy) is 2. The molecule has 0 N–H and O–H groups in total. The third-order valence-electron chi connectivity index (χ3n) is 1.67. The summed E-state index contributed by atoms with van der Waals surface area (Å²) in [6.45, 7) is 11.7. The Balaban J connectivity index is 3.48. The monoisotopic (exact) mass is 159 g/mol. The Kier molecular flexibility index (Phi) is 5.51. The fourth-order valence-corrected chi connectivity index (χ4v) is 0.683. The molecule has 0 bridgehead atoms. The maximum absolute atomic E-state index is 5.50. The van der Waals surface area contributed by atoms with E-state index in [0.29, 0.717) is 5.92 Å². The molecule has 0 heterocycles. The average molecular weight is 159 g/mol. The SMILES string of the molecule is C[CH]OC(C)OC(C)C(C)C. The van der Waals surface area contributed by atoms with Gasteiger partial charge in [-0.1, -0.05) is 13.8 Å². The van der Waals surface area contributed by atoms with Crippen molar-refractivity contribution in [3.63, 3.8) is 0 Å². The first-order valence-corrected chi connectivity index (χ1v) is 4.16. The van der Waals surface area contributed by atoms with Crippen molar-refractivity contribution in [2.24, 2.45) is 5.92 Å². The molecule has 2 nitrogen and oxygen atoms in total. The highest BCUT2D eigenvalue weighted by Gasteiger charge is 2.11. The summed E-state index contributed by atoms with van der Waals surface area (Å²) >= 11 is 0. The summed E-state index contributed by atoms with van der Waals surface area (Å²) in [4.78, 5) is 0. The predicted octanol–water partition coefficient (Wildman–Crippen LogP) is 2.59. The highest BCUT2D eigenvalue weighted by molar-refractivity contribution is 4.55. The predicted molar refractivity (Wildman–Crippen MR) is 45.9 cm³/mol. The van der Waals surface area contributed by atoms with Crippen molar-refractivity contribution in [3.05, 3.63) is 6.61 Å². The Labute approximate surface area is 69.9 Å². The van der Waals surface area contributed by atoms with E-state index in [-0.39, 0.29) is 12.4 Å². The van der Waals surface area contributed by atoms with Crippen molar-refractivity contribution >= 4 is 0 Å². The second kappa shape index (κ2) is 5.56. The molecule has 0 spiro atoms. The first kappa shape index (κ1) is 10.9. The Hall–Kier alpha value is -0.0800. The minimum absolute atomic E-state index is 0.127. The summed E-state index contributed by atoms with van der Waals surface area (Å²) in [5, 5.41) is 0. The molecule has 2 heteroatoms. The van der Waals surface area contributed by atoms with Gasteiger partial charge in [-0.25, -0.2) is 0 Å². The average Bonchev–Trinajstić information content (AvgIpc) is 1.87. The van der Waals surface area contributed by atoms with Crippen LogP contribution in [0.15, 0.2) is 0 Å². The molecule has 0 aromatic carbocycles. The Bertz CT molecular complexity index is 91.6. The van der Waals surface area contributed by atoms with Gasteiger partial charge in [-0.2, -0.15) is 0 Å². The van der Waals surface area contributed by atoms with Gasteiger partial charge < -0.3 is 9.47 Å². The molecule has 0 saturated heterocycles. The largest absolute Gasteiger partial charge is 0.350 e. The van der Waals surface area contributed by atoms with Gasteiger partial charge in [0.15, 0.2) is 6.29 Å². The smallest absolute Gasteiger partial charge is 0.155 e. The molecule has 0 aliphatic carbocycles. The summed E-state index contributed by atoms with van der Waals surface area (Å²) in [5.41, 5.74) is 0. The van der Waals surface area contributed by atoms with Gasteiger partial charge >= 0.3 is 0 Å². The zero-order valence-corrected chi connectivity index (χ0v) is 8.13. The van der Waals surface area contributed by atoms with Crippen molar-refractivity contribution in [2.45, 2.75) is 47.0 Å². The lowest BCUT2D eigenvalue weighted by molar-refractivity contribution is -0.146. The molecule has 1 radical (unpaired) electrons. The maximum atomic E-state index is 5.50. The van der Waals surface area contributed by atoms with Gasteiger partial charge in [0.05, 0.1) is 12.7 Å². The van der Waals surface area contributed by atoms with Crippen LogP contribution in [0.3, 0.4) is 0 Å². The van der Waals surface area contributed by atoms with Crippen LogP contribution in [0.4, 0.5) is 0 Å². The van der Waals surface area contributed by atoms with Crippen molar-refractivity contribution in [1.29, 1.82) is 0 Å². The lowest BCUT2D eigenvalue weighted by Gasteiger charge is -2.21. The van der Waals surface area contributed by atoms with E-state index in [1.54, 1.807) is 6.61 Å². The topological polar surface area (TPSA) is 18.5 Å². The molecule has 0 aromatic rings. The second-order valence-electron chi connectivity index (χ2n) is 3.02. The first-order valence-electron chi connectivity index (χ1n) is 4.16. The van der Waals surface area contributed by atoms with E-state index in [1.165, 1.54) is 0 Å². The Morgan fingerprint density at radius 2 is 1.64 bits per heavy atom. The molecular formula is C9H19O2. The molecule has 2 atom stereocenters. The zero-order valence-electron chi connectivity index (χ0n) is 8.13. The number of hydrogen-bond acceptors (Lipinski definition) is 2. The van der Waals surface area contributed by atoms with Crippen LogP contribution in [-0.4, -0.2) is 12.4 Å². The normalized spacial score (nSPS) is 16.9. The molecule has 0 fully saturated rings. The van der Waals surface area contributed by atoms with Crippen LogP contribution in [0.5, 0.6) is 0 Å². The number of hydrogen-bond donors (Lipinski definition) is 0. The van der Waals surface area contributed by atoms with Crippen LogP contribution < -0.4 is 0 Å². The Morgan fingerprint density at radius 1 is 1.09 bits per heavy atom. The highest BCUT2D eigenvalue weighted by atomic mass is 16.7. The van der Waals surface area contributed by atoms with E-state index in [1.807, 2.05) is 13.8 Å². The minimum Gasteiger partial charge on any atom is -0.350 e. The van der Waals surface area contributed by atoms with Gasteiger partial charge in [-0.15, -0.1) is 0 Å². The molecular weight excluding hydrogens is 140 g/mol. The van der Waals surface area contributed by atoms with E-state index < -0.39 is 0 Å². The van der Waals surface area contributed by atoms with E-state index in [2.05, 4.69) is 20.8 Å². The fourth-order valence-electron chi connectivity index (χ4n) is 0.683. The lowest BCUT2D eigenvalue weighted by atomic mass is 10.1. The second-order valence-corrected chi connectivity index (χ2v) is 3.02. The van der Waals surface area contributed by atoms with Gasteiger partial charge in [0.2, 0.25) is 0 Å². The van der Waals surface area contributed by atoms with Crippen LogP contribution in [0.2, 0.25) is 0 Å². The van der Waals surface area contributed by atoms with Crippen LogP contribution in [0.1, 0.15) is 34.6 Å². The molecule has 67 valence electrons. The van der Waals surface area contributed by atoms with E-state index >= 15 is 0 Å².